The monoisotopic (exact) mass is 419 g/mol. The molecule has 3 heterocycles. The molecule has 4 aromatic rings. The predicted octanol–water partition coefficient (Wildman–Crippen LogP) is 8.76. The lowest BCUT2D eigenvalue weighted by Gasteiger charge is -2.33. The second-order valence-corrected chi connectivity index (χ2v) is 10.9. The molecule has 4 heteroatoms. The number of aryl methyl sites for hydroxylation is 3. The Morgan fingerprint density at radius 3 is 2.28 bits per heavy atom. The van der Waals surface area contributed by atoms with E-state index >= 15 is 0 Å². The lowest BCUT2D eigenvalue weighted by Crippen LogP contribution is -2.18. The van der Waals surface area contributed by atoms with Crippen LogP contribution < -0.4 is 9.64 Å². The summed E-state index contributed by atoms with van der Waals surface area (Å²) in [5, 5.41) is 5.33. The van der Waals surface area contributed by atoms with Crippen LogP contribution in [0.1, 0.15) is 43.0 Å². The van der Waals surface area contributed by atoms with Gasteiger partial charge in [0.1, 0.15) is 11.4 Å². The van der Waals surface area contributed by atoms with Crippen molar-refractivity contribution in [3.05, 3.63) is 64.0 Å². The van der Waals surface area contributed by atoms with E-state index in [-0.39, 0.29) is 5.41 Å². The van der Waals surface area contributed by atoms with Gasteiger partial charge in [0.15, 0.2) is 0 Å². The van der Waals surface area contributed by atoms with Gasteiger partial charge in [0, 0.05) is 10.1 Å². The zero-order chi connectivity index (χ0) is 20.5. The quantitative estimate of drug-likeness (QED) is 0.269. The van der Waals surface area contributed by atoms with Crippen LogP contribution in [-0.2, 0) is 5.41 Å². The molecule has 29 heavy (non-hydrogen) atoms. The summed E-state index contributed by atoms with van der Waals surface area (Å²) in [5.41, 5.74) is 8.95. The Morgan fingerprint density at radius 1 is 0.862 bits per heavy atom. The first-order valence-corrected chi connectivity index (χ1v) is 11.6. The fourth-order valence-electron chi connectivity index (χ4n) is 4.16. The molecule has 0 aliphatic carbocycles. The predicted molar refractivity (Wildman–Crippen MR) is 127 cm³/mol. The number of ether oxygens (including phenoxy) is 1. The number of rotatable bonds is 1. The molecule has 2 aromatic heterocycles. The lowest BCUT2D eigenvalue weighted by atomic mass is 9.84. The minimum Gasteiger partial charge on any atom is -0.431 e. The maximum Gasteiger partial charge on any atom is 0.207 e. The minimum atomic E-state index is 0.129. The van der Waals surface area contributed by atoms with E-state index in [1.165, 1.54) is 43.7 Å². The van der Waals surface area contributed by atoms with Gasteiger partial charge in [-0.25, -0.2) is 0 Å². The average molecular weight is 420 g/mol. The van der Waals surface area contributed by atoms with Crippen molar-refractivity contribution in [2.75, 3.05) is 4.90 Å². The third-order valence-electron chi connectivity index (χ3n) is 5.63. The summed E-state index contributed by atoms with van der Waals surface area (Å²) in [4.78, 5) is 2.43. The van der Waals surface area contributed by atoms with Gasteiger partial charge < -0.3 is 9.64 Å². The molecule has 0 N–H and O–H groups in total. The third kappa shape index (κ3) is 2.89. The van der Waals surface area contributed by atoms with Gasteiger partial charge in [0.05, 0.1) is 5.69 Å². The standard InChI is InChI=1S/C25H25NOS2/c1-14-7-8-18-20(11-14)29-24-22(18)26(19-9-10-28-23(19)27-24)21-15(2)12-17(13-16(21)3)25(4,5)6/h7-13H,1-6H3. The van der Waals surface area contributed by atoms with Crippen LogP contribution in [0.5, 0.6) is 10.1 Å². The Morgan fingerprint density at radius 2 is 1.59 bits per heavy atom. The molecule has 0 saturated carbocycles. The average Bonchev–Trinajstić information content (AvgIpc) is 3.22. The third-order valence-corrected chi connectivity index (χ3v) is 7.43. The highest BCUT2D eigenvalue weighted by Crippen LogP contribution is 2.59. The molecule has 0 fully saturated rings. The molecule has 2 aromatic carbocycles. The molecule has 1 aliphatic heterocycles. The molecule has 0 unspecified atom stereocenters. The van der Waals surface area contributed by atoms with Gasteiger partial charge in [-0.1, -0.05) is 56.4 Å². The number of hydrogen-bond acceptors (Lipinski definition) is 4. The van der Waals surface area contributed by atoms with Crippen LogP contribution in [0.25, 0.3) is 10.1 Å². The molecule has 0 saturated heterocycles. The largest absolute Gasteiger partial charge is 0.431 e. The fourth-order valence-corrected chi connectivity index (χ4v) is 6.09. The Bertz CT molecular complexity index is 1230. The van der Waals surface area contributed by atoms with Crippen molar-refractivity contribution in [1.82, 2.24) is 0 Å². The molecule has 0 radical (unpaired) electrons. The molecule has 0 atom stereocenters. The van der Waals surface area contributed by atoms with E-state index in [0.717, 1.165) is 15.8 Å². The Labute approximate surface area is 180 Å². The van der Waals surface area contributed by atoms with Crippen LogP contribution in [0.15, 0.2) is 41.8 Å². The van der Waals surface area contributed by atoms with Crippen molar-refractivity contribution < 1.29 is 4.74 Å². The fraction of sp³-hybridized carbons (Fsp3) is 0.280. The Hall–Kier alpha value is -2.30. The van der Waals surface area contributed by atoms with Crippen molar-refractivity contribution in [1.29, 1.82) is 0 Å². The topological polar surface area (TPSA) is 12.5 Å². The van der Waals surface area contributed by atoms with E-state index in [4.69, 9.17) is 4.74 Å². The smallest absolute Gasteiger partial charge is 0.207 e. The molecule has 0 spiro atoms. The number of anilines is 3. The van der Waals surface area contributed by atoms with E-state index in [9.17, 15) is 0 Å². The highest BCUT2D eigenvalue weighted by molar-refractivity contribution is 7.22. The van der Waals surface area contributed by atoms with Gasteiger partial charge >= 0.3 is 0 Å². The van der Waals surface area contributed by atoms with Crippen LogP contribution in [0, 0.1) is 20.8 Å². The van der Waals surface area contributed by atoms with Crippen molar-refractivity contribution >= 4 is 49.8 Å². The van der Waals surface area contributed by atoms with Crippen molar-refractivity contribution in [2.45, 2.75) is 47.0 Å². The number of fused-ring (bicyclic) bond motifs is 4. The Kier molecular flexibility index (Phi) is 4.10. The minimum absolute atomic E-state index is 0.129. The molecule has 148 valence electrons. The first kappa shape index (κ1) is 18.7. The van der Waals surface area contributed by atoms with E-state index in [1.807, 2.05) is 0 Å². The summed E-state index contributed by atoms with van der Waals surface area (Å²) in [6, 6.07) is 13.6. The number of nitrogens with zero attached hydrogens (tertiary/aromatic N) is 1. The summed E-state index contributed by atoms with van der Waals surface area (Å²) >= 11 is 3.40. The summed E-state index contributed by atoms with van der Waals surface area (Å²) in [6.07, 6.45) is 0. The number of hydrogen-bond donors (Lipinski definition) is 0. The number of thiophene rings is 2. The van der Waals surface area contributed by atoms with E-state index in [2.05, 4.69) is 88.2 Å². The second kappa shape index (κ2) is 6.35. The van der Waals surface area contributed by atoms with E-state index < -0.39 is 0 Å². The van der Waals surface area contributed by atoms with E-state index in [1.54, 1.807) is 22.7 Å². The summed E-state index contributed by atoms with van der Waals surface area (Å²) in [5.74, 6) is 0. The summed E-state index contributed by atoms with van der Waals surface area (Å²) in [7, 11) is 0. The molecule has 2 nitrogen and oxygen atoms in total. The lowest BCUT2D eigenvalue weighted by molar-refractivity contribution is 0.506. The molecule has 0 bridgehead atoms. The van der Waals surface area contributed by atoms with E-state index in [0.29, 0.717) is 0 Å². The van der Waals surface area contributed by atoms with Crippen LogP contribution in [0.2, 0.25) is 0 Å². The molecular formula is C25H25NOS2. The molecule has 1 aliphatic rings. The first-order valence-electron chi connectivity index (χ1n) is 9.94. The zero-order valence-electron chi connectivity index (χ0n) is 17.7. The highest BCUT2D eigenvalue weighted by Gasteiger charge is 2.33. The zero-order valence-corrected chi connectivity index (χ0v) is 19.3. The Balaban J connectivity index is 1.80. The summed E-state index contributed by atoms with van der Waals surface area (Å²) in [6.45, 7) is 13.4. The van der Waals surface area contributed by atoms with Crippen LogP contribution >= 0.6 is 22.7 Å². The van der Waals surface area contributed by atoms with Gasteiger partial charge in [0.25, 0.3) is 0 Å². The second-order valence-electron chi connectivity index (χ2n) is 8.98. The van der Waals surface area contributed by atoms with Crippen LogP contribution in [-0.4, -0.2) is 0 Å². The van der Waals surface area contributed by atoms with Gasteiger partial charge in [-0.15, -0.1) is 11.3 Å². The molecule has 0 amide bonds. The van der Waals surface area contributed by atoms with Crippen LogP contribution in [0.3, 0.4) is 0 Å². The van der Waals surface area contributed by atoms with Crippen molar-refractivity contribution in [3.63, 3.8) is 0 Å². The first-order chi connectivity index (χ1) is 13.7. The molecular weight excluding hydrogens is 394 g/mol. The normalized spacial score (nSPS) is 13.4. The molecule has 5 rings (SSSR count). The van der Waals surface area contributed by atoms with Crippen LogP contribution in [0.4, 0.5) is 17.1 Å². The highest BCUT2D eigenvalue weighted by atomic mass is 32.1. The summed E-state index contributed by atoms with van der Waals surface area (Å²) < 4.78 is 7.62. The van der Waals surface area contributed by atoms with Crippen molar-refractivity contribution in [3.8, 4) is 10.1 Å². The SMILES string of the molecule is Cc1ccc2c3c(sc2c1)Oc1sccc1N3c1c(C)cc(C(C)(C)C)cc1C. The number of benzene rings is 2. The maximum atomic E-state index is 6.35. The van der Waals surface area contributed by atoms with Gasteiger partial charge in [-0.2, -0.15) is 0 Å². The van der Waals surface area contributed by atoms with Gasteiger partial charge in [-0.3, -0.25) is 0 Å². The van der Waals surface area contributed by atoms with Gasteiger partial charge in [0.2, 0.25) is 10.1 Å². The van der Waals surface area contributed by atoms with Crippen molar-refractivity contribution in [2.24, 2.45) is 0 Å². The van der Waals surface area contributed by atoms with Gasteiger partial charge in [-0.05, 0) is 66.0 Å². The maximum absolute atomic E-state index is 6.35.